The standard InChI is InChI=1S/C25H23N5O4S/c1-32-21-13-12-18(16-22(21)33-2)24-28-29-25(30(24)19-8-4-3-5-9-19)35-17-23(31)27-26-14-6-10-20-11-7-15-34-20/h3-16H,17H2,1-2H3,(H,27,31)/b10-6-,26-14+. The number of para-hydroxylation sites is 1. The molecule has 0 saturated carbocycles. The molecule has 0 bridgehead atoms. The number of methoxy groups -OCH3 is 2. The summed E-state index contributed by atoms with van der Waals surface area (Å²) >= 11 is 1.26. The minimum absolute atomic E-state index is 0.107. The zero-order chi connectivity index (χ0) is 24.5. The fraction of sp³-hybridized carbons (Fsp3) is 0.120. The van der Waals surface area contributed by atoms with Crippen molar-refractivity contribution in [2.45, 2.75) is 5.16 Å². The van der Waals surface area contributed by atoms with E-state index in [-0.39, 0.29) is 11.7 Å². The Morgan fingerprint density at radius 3 is 2.66 bits per heavy atom. The normalized spacial score (nSPS) is 11.3. The molecular weight excluding hydrogens is 466 g/mol. The van der Waals surface area contributed by atoms with E-state index in [1.54, 1.807) is 38.7 Å². The number of thioether (sulfide) groups is 1. The van der Waals surface area contributed by atoms with Gasteiger partial charge in [-0.2, -0.15) is 5.10 Å². The highest BCUT2D eigenvalue weighted by Crippen LogP contribution is 2.34. The number of rotatable bonds is 10. The summed E-state index contributed by atoms with van der Waals surface area (Å²) in [7, 11) is 3.17. The molecule has 0 fully saturated rings. The van der Waals surface area contributed by atoms with Crippen LogP contribution in [0.5, 0.6) is 11.5 Å². The van der Waals surface area contributed by atoms with Crippen LogP contribution in [0.3, 0.4) is 0 Å². The maximum atomic E-state index is 12.3. The quantitative estimate of drug-likeness (QED) is 0.199. The summed E-state index contributed by atoms with van der Waals surface area (Å²) in [6.45, 7) is 0. The summed E-state index contributed by atoms with van der Waals surface area (Å²) in [5.41, 5.74) is 4.16. The Labute approximate surface area is 206 Å². The van der Waals surface area contributed by atoms with Crippen molar-refractivity contribution in [3.63, 3.8) is 0 Å². The highest BCUT2D eigenvalue weighted by Gasteiger charge is 2.18. The molecule has 0 aliphatic carbocycles. The van der Waals surface area contributed by atoms with Crippen LogP contribution in [0.2, 0.25) is 0 Å². The van der Waals surface area contributed by atoms with Crippen molar-refractivity contribution in [3.05, 3.63) is 78.8 Å². The number of nitrogens with one attached hydrogen (secondary N) is 1. The van der Waals surface area contributed by atoms with E-state index in [9.17, 15) is 4.79 Å². The van der Waals surface area contributed by atoms with Crippen molar-refractivity contribution < 1.29 is 18.7 Å². The fourth-order valence-electron chi connectivity index (χ4n) is 3.17. The Hall–Kier alpha value is -4.31. The molecule has 0 unspecified atom stereocenters. The topological polar surface area (TPSA) is 104 Å². The molecule has 0 aliphatic heterocycles. The first-order valence-corrected chi connectivity index (χ1v) is 11.6. The van der Waals surface area contributed by atoms with Crippen LogP contribution in [0.15, 0.2) is 87.7 Å². The zero-order valence-electron chi connectivity index (χ0n) is 19.1. The summed E-state index contributed by atoms with van der Waals surface area (Å²) in [6, 6.07) is 18.9. The van der Waals surface area contributed by atoms with Crippen LogP contribution in [0, 0.1) is 0 Å². The van der Waals surface area contributed by atoms with E-state index in [2.05, 4.69) is 20.7 Å². The largest absolute Gasteiger partial charge is 0.493 e. The second-order valence-corrected chi connectivity index (χ2v) is 7.97. The third-order valence-electron chi connectivity index (χ3n) is 4.78. The third-order valence-corrected chi connectivity index (χ3v) is 5.70. The van der Waals surface area contributed by atoms with Crippen molar-refractivity contribution in [1.82, 2.24) is 20.2 Å². The van der Waals surface area contributed by atoms with Gasteiger partial charge in [0.1, 0.15) is 5.76 Å². The summed E-state index contributed by atoms with van der Waals surface area (Å²) in [4.78, 5) is 12.3. The number of carbonyl (C=O) groups is 1. The first-order valence-electron chi connectivity index (χ1n) is 10.6. The number of hydrogen-bond donors (Lipinski definition) is 1. The molecule has 2 aromatic carbocycles. The van der Waals surface area contributed by atoms with Crippen LogP contribution < -0.4 is 14.9 Å². The van der Waals surface area contributed by atoms with E-state index < -0.39 is 0 Å². The number of amides is 1. The second kappa shape index (κ2) is 11.7. The van der Waals surface area contributed by atoms with Gasteiger partial charge < -0.3 is 13.9 Å². The van der Waals surface area contributed by atoms with Gasteiger partial charge in [0.2, 0.25) is 0 Å². The number of benzene rings is 2. The summed E-state index contributed by atoms with van der Waals surface area (Å²) < 4.78 is 17.9. The van der Waals surface area contributed by atoms with Crippen molar-refractivity contribution in [2.75, 3.05) is 20.0 Å². The molecule has 9 nitrogen and oxygen atoms in total. The smallest absolute Gasteiger partial charge is 0.250 e. The van der Waals surface area contributed by atoms with Crippen molar-refractivity contribution in [3.8, 4) is 28.6 Å². The monoisotopic (exact) mass is 489 g/mol. The number of hydrogen-bond acceptors (Lipinski definition) is 8. The van der Waals surface area contributed by atoms with Crippen LogP contribution in [0.4, 0.5) is 0 Å². The van der Waals surface area contributed by atoms with Gasteiger partial charge >= 0.3 is 0 Å². The number of aromatic nitrogens is 3. The third kappa shape index (κ3) is 5.98. The Morgan fingerprint density at radius 1 is 1.09 bits per heavy atom. The molecule has 0 spiro atoms. The van der Waals surface area contributed by atoms with Crippen LogP contribution in [0.1, 0.15) is 5.76 Å². The number of nitrogens with zero attached hydrogens (tertiary/aromatic N) is 4. The van der Waals surface area contributed by atoms with Gasteiger partial charge in [0.05, 0.1) is 26.2 Å². The molecule has 0 saturated heterocycles. The van der Waals surface area contributed by atoms with Gasteiger partial charge in [-0.05, 0) is 54.6 Å². The van der Waals surface area contributed by atoms with Gasteiger partial charge in [-0.3, -0.25) is 9.36 Å². The Balaban J connectivity index is 1.50. The Kier molecular flexibility index (Phi) is 7.97. The summed E-state index contributed by atoms with van der Waals surface area (Å²) in [6.07, 6.45) is 6.48. The highest BCUT2D eigenvalue weighted by atomic mass is 32.2. The van der Waals surface area contributed by atoms with Gasteiger partial charge in [-0.25, -0.2) is 5.43 Å². The molecule has 4 aromatic rings. The maximum Gasteiger partial charge on any atom is 0.250 e. The minimum atomic E-state index is -0.270. The molecule has 0 radical (unpaired) electrons. The summed E-state index contributed by atoms with van der Waals surface area (Å²) in [5, 5.41) is 13.2. The molecule has 178 valence electrons. The van der Waals surface area contributed by atoms with E-state index in [0.717, 1.165) is 11.3 Å². The number of carbonyl (C=O) groups excluding carboxylic acids is 1. The predicted molar refractivity (Wildman–Crippen MR) is 135 cm³/mol. The average Bonchev–Trinajstić information content (AvgIpc) is 3.57. The molecular formula is C25H23N5O4S. The van der Waals surface area contributed by atoms with Crippen molar-refractivity contribution >= 4 is 30.0 Å². The molecule has 2 heterocycles. The lowest BCUT2D eigenvalue weighted by Crippen LogP contribution is -2.19. The van der Waals surface area contributed by atoms with Gasteiger partial charge in [0, 0.05) is 17.5 Å². The maximum absolute atomic E-state index is 12.3. The molecule has 2 aromatic heterocycles. The van der Waals surface area contributed by atoms with E-state index in [1.165, 1.54) is 18.0 Å². The van der Waals surface area contributed by atoms with Gasteiger partial charge in [-0.15, -0.1) is 10.2 Å². The molecule has 10 heteroatoms. The molecule has 1 N–H and O–H groups in total. The first-order chi connectivity index (χ1) is 17.2. The fourth-order valence-corrected chi connectivity index (χ4v) is 3.92. The molecule has 0 atom stereocenters. The molecule has 35 heavy (non-hydrogen) atoms. The predicted octanol–water partition coefficient (Wildman–Crippen LogP) is 4.45. The van der Waals surface area contributed by atoms with Gasteiger partial charge in [0.25, 0.3) is 5.91 Å². The number of hydrazone groups is 1. The van der Waals surface area contributed by atoms with Crippen molar-refractivity contribution in [2.24, 2.45) is 5.10 Å². The van der Waals surface area contributed by atoms with Crippen molar-refractivity contribution in [1.29, 1.82) is 0 Å². The van der Waals surface area contributed by atoms with Crippen LogP contribution >= 0.6 is 11.8 Å². The number of allylic oxidation sites excluding steroid dienone is 1. The van der Waals surface area contributed by atoms with Crippen LogP contribution in [-0.4, -0.2) is 46.9 Å². The Morgan fingerprint density at radius 2 is 1.91 bits per heavy atom. The van der Waals surface area contributed by atoms with E-state index in [4.69, 9.17) is 13.9 Å². The number of furan rings is 1. The van der Waals surface area contributed by atoms with E-state index >= 15 is 0 Å². The second-order valence-electron chi connectivity index (χ2n) is 7.02. The zero-order valence-corrected chi connectivity index (χ0v) is 19.9. The first kappa shape index (κ1) is 23.8. The lowest BCUT2D eigenvalue weighted by molar-refractivity contribution is -0.118. The van der Waals surface area contributed by atoms with E-state index in [0.29, 0.717) is 28.2 Å². The van der Waals surface area contributed by atoms with Gasteiger partial charge in [-0.1, -0.05) is 30.0 Å². The average molecular weight is 490 g/mol. The lowest BCUT2D eigenvalue weighted by atomic mass is 10.2. The minimum Gasteiger partial charge on any atom is -0.493 e. The van der Waals surface area contributed by atoms with E-state index in [1.807, 2.05) is 59.2 Å². The highest BCUT2D eigenvalue weighted by molar-refractivity contribution is 7.99. The van der Waals surface area contributed by atoms with Crippen LogP contribution in [0.25, 0.3) is 23.2 Å². The summed E-state index contributed by atoms with van der Waals surface area (Å²) in [5.74, 6) is 2.35. The Bertz CT molecular complexity index is 1320. The molecule has 4 rings (SSSR count). The lowest BCUT2D eigenvalue weighted by Gasteiger charge is -2.12. The number of ether oxygens (including phenoxy) is 2. The van der Waals surface area contributed by atoms with Crippen LogP contribution in [-0.2, 0) is 4.79 Å². The molecule has 0 aliphatic rings. The SMILES string of the molecule is COc1ccc(-c2nnc(SCC(=O)N/N=C/C=C\c3ccco3)n2-c2ccccc2)cc1OC. The molecule has 1 amide bonds. The van der Waals surface area contributed by atoms with Gasteiger partial charge in [0.15, 0.2) is 22.5 Å².